The van der Waals surface area contributed by atoms with Gasteiger partial charge >= 0.3 is 17.9 Å². The molecule has 40 heavy (non-hydrogen) atoms. The topological polar surface area (TPSA) is 186 Å². The Balaban J connectivity index is 1.68. The van der Waals surface area contributed by atoms with Crippen LogP contribution in [-0.4, -0.2) is 94.5 Å². The molecule has 2 saturated carbocycles. The van der Waals surface area contributed by atoms with Crippen molar-refractivity contribution < 1.29 is 58.6 Å². The second kappa shape index (κ2) is 9.37. The minimum atomic E-state index is -2.26. The number of aliphatic hydroxyl groups is 4. The van der Waals surface area contributed by atoms with Crippen LogP contribution >= 0.6 is 0 Å². The van der Waals surface area contributed by atoms with E-state index in [1.54, 1.807) is 27.7 Å². The predicted octanol–water partition coefficient (Wildman–Crippen LogP) is 0.126. The van der Waals surface area contributed by atoms with Gasteiger partial charge in [0, 0.05) is 36.4 Å². The van der Waals surface area contributed by atoms with Crippen molar-refractivity contribution in [1.82, 2.24) is 0 Å². The Bertz CT molecular complexity index is 1220. The number of ketones is 1. The number of aliphatic hydroxyl groups excluding tert-OH is 4. The van der Waals surface area contributed by atoms with Gasteiger partial charge in [0.05, 0.1) is 25.7 Å². The van der Waals surface area contributed by atoms with Crippen molar-refractivity contribution in [3.63, 3.8) is 0 Å². The third-order valence-electron chi connectivity index (χ3n) is 10.5. The van der Waals surface area contributed by atoms with E-state index in [0.717, 1.165) is 13.2 Å². The minimum Gasteiger partial charge on any atom is -0.504 e. The first-order valence-electron chi connectivity index (χ1n) is 13.4. The zero-order chi connectivity index (χ0) is 29.5. The number of carbonyl (C=O) groups is 4. The molecule has 4 N–H and O–H groups in total. The van der Waals surface area contributed by atoms with Crippen molar-refractivity contribution in [1.29, 1.82) is 0 Å². The molecule has 4 fully saturated rings. The lowest BCUT2D eigenvalue weighted by Crippen LogP contribution is -2.79. The summed E-state index contributed by atoms with van der Waals surface area (Å²) < 4.78 is 22.6. The molecule has 0 aromatic heterocycles. The number of ether oxygens (including phenoxy) is 4. The Hall–Kier alpha value is -2.80. The van der Waals surface area contributed by atoms with Crippen LogP contribution in [0.5, 0.6) is 0 Å². The molecule has 12 nitrogen and oxygen atoms in total. The van der Waals surface area contributed by atoms with Gasteiger partial charge in [-0.05, 0) is 37.2 Å². The van der Waals surface area contributed by atoms with Gasteiger partial charge in [-0.15, -0.1) is 0 Å². The second-order valence-electron chi connectivity index (χ2n) is 12.3. The number of Topliss-reactive ketones (excluding diaryl/α,β-unsaturated/α-hetero) is 1. The van der Waals surface area contributed by atoms with Crippen LogP contribution in [-0.2, 0) is 38.1 Å². The second-order valence-corrected chi connectivity index (χ2v) is 12.3. The smallest absolute Gasteiger partial charge is 0.348 e. The average Bonchev–Trinajstić information content (AvgIpc) is 3.21. The molecule has 11 atom stereocenters. The Labute approximate surface area is 230 Å². The van der Waals surface area contributed by atoms with Crippen molar-refractivity contribution in [2.45, 2.75) is 70.6 Å². The molecule has 0 radical (unpaired) electrons. The standard InChI is InChI=1S/C28H36O12/c1-11(12(2)9-29)6-17(31)40-20-22-27-10-38-28(22,25(36)37-5)23(34)19(33)21(27)26(4)8-15(30)18(32)13(3)14(26)7-16(27)39-24(20)35/h6,12,14,16,19-23,29,32-34H,7-10H2,1-5H3/b11-6+. The third-order valence-corrected chi connectivity index (χ3v) is 10.5. The molecular weight excluding hydrogens is 528 g/mol. The van der Waals surface area contributed by atoms with Crippen LogP contribution in [0, 0.1) is 34.5 Å². The van der Waals surface area contributed by atoms with E-state index in [1.165, 1.54) is 0 Å². The van der Waals surface area contributed by atoms with Crippen molar-refractivity contribution in [3.05, 3.63) is 23.0 Å². The van der Waals surface area contributed by atoms with E-state index in [1.807, 2.05) is 0 Å². The van der Waals surface area contributed by atoms with E-state index in [0.29, 0.717) is 11.1 Å². The number of hydrogen-bond donors (Lipinski definition) is 4. The molecule has 2 saturated heterocycles. The first-order chi connectivity index (χ1) is 18.7. The van der Waals surface area contributed by atoms with Crippen molar-refractivity contribution in [2.75, 3.05) is 20.3 Å². The summed E-state index contributed by atoms with van der Waals surface area (Å²) in [6, 6.07) is 0. The van der Waals surface area contributed by atoms with Crippen molar-refractivity contribution in [2.24, 2.45) is 34.5 Å². The molecule has 0 aromatic rings. The quantitative estimate of drug-likeness (QED) is 0.201. The molecular formula is C28H36O12. The van der Waals surface area contributed by atoms with Gasteiger partial charge in [-0.25, -0.2) is 14.4 Å². The highest BCUT2D eigenvalue weighted by Crippen LogP contribution is 2.72. The Morgan fingerprint density at radius 3 is 2.52 bits per heavy atom. The molecule has 2 heterocycles. The first-order valence-corrected chi connectivity index (χ1v) is 13.4. The van der Waals surface area contributed by atoms with Gasteiger partial charge in [0.15, 0.2) is 11.5 Å². The minimum absolute atomic E-state index is 0.148. The Kier molecular flexibility index (Phi) is 6.72. The zero-order valence-corrected chi connectivity index (χ0v) is 23.1. The maximum absolute atomic E-state index is 13.5. The number of allylic oxidation sites excluding steroid dienone is 2. The van der Waals surface area contributed by atoms with E-state index in [4.69, 9.17) is 18.9 Å². The van der Waals surface area contributed by atoms with E-state index in [2.05, 4.69) is 0 Å². The molecule has 2 bridgehead atoms. The van der Waals surface area contributed by atoms with Crippen LogP contribution in [0.2, 0.25) is 0 Å². The molecule has 0 amide bonds. The Morgan fingerprint density at radius 1 is 1.23 bits per heavy atom. The van der Waals surface area contributed by atoms with Crippen LogP contribution in [0.1, 0.15) is 40.5 Å². The molecule has 2 aliphatic heterocycles. The fourth-order valence-electron chi connectivity index (χ4n) is 8.49. The van der Waals surface area contributed by atoms with Crippen LogP contribution in [0.25, 0.3) is 0 Å². The summed E-state index contributed by atoms with van der Waals surface area (Å²) in [5.74, 6) is -6.97. The van der Waals surface area contributed by atoms with Crippen LogP contribution in [0.15, 0.2) is 23.0 Å². The maximum Gasteiger partial charge on any atom is 0.348 e. The number of hydrogen-bond acceptors (Lipinski definition) is 12. The summed E-state index contributed by atoms with van der Waals surface area (Å²) in [6.45, 7) is 6.22. The molecule has 0 aromatic carbocycles. The molecule has 5 aliphatic rings. The number of rotatable bonds is 5. The fraction of sp³-hybridized carbons (Fsp3) is 0.714. The van der Waals surface area contributed by atoms with Gasteiger partial charge in [-0.3, -0.25) is 4.79 Å². The lowest BCUT2D eigenvalue weighted by Gasteiger charge is -2.67. The lowest BCUT2D eigenvalue weighted by molar-refractivity contribution is -0.290. The summed E-state index contributed by atoms with van der Waals surface area (Å²) in [7, 11) is 1.08. The number of methoxy groups -OCH3 is 1. The van der Waals surface area contributed by atoms with Crippen molar-refractivity contribution >= 4 is 23.7 Å². The summed E-state index contributed by atoms with van der Waals surface area (Å²) in [4.78, 5) is 52.8. The SMILES string of the molecule is COC(=O)C12OCC34C(CC5C(C)=C(O)C(=O)CC5(C)C3C(O)C1O)OC(=O)C(OC(=O)/C=C(\C)C(C)CO)C24. The van der Waals surface area contributed by atoms with Crippen LogP contribution < -0.4 is 0 Å². The molecule has 1 spiro atoms. The van der Waals surface area contributed by atoms with E-state index >= 15 is 0 Å². The molecule has 3 aliphatic carbocycles. The predicted molar refractivity (Wildman–Crippen MR) is 133 cm³/mol. The number of fused-ring (bicyclic) bond motifs is 2. The molecule has 12 heteroatoms. The normalized spacial score (nSPS) is 44.8. The lowest BCUT2D eigenvalue weighted by atomic mass is 9.38. The van der Waals surface area contributed by atoms with Crippen LogP contribution in [0.3, 0.4) is 0 Å². The molecule has 11 unspecified atom stereocenters. The van der Waals surface area contributed by atoms with Gasteiger partial charge in [0.1, 0.15) is 12.2 Å². The highest BCUT2D eigenvalue weighted by molar-refractivity contribution is 5.95. The summed E-state index contributed by atoms with van der Waals surface area (Å²) in [5, 5.41) is 43.2. The monoisotopic (exact) mass is 564 g/mol. The first kappa shape index (κ1) is 28.7. The molecule has 5 rings (SSSR count). The van der Waals surface area contributed by atoms with E-state index in [9.17, 15) is 39.6 Å². The largest absolute Gasteiger partial charge is 0.504 e. The summed E-state index contributed by atoms with van der Waals surface area (Å²) >= 11 is 0. The summed E-state index contributed by atoms with van der Waals surface area (Å²) in [6.07, 6.45) is -5.08. The van der Waals surface area contributed by atoms with Gasteiger partial charge in [0.2, 0.25) is 11.7 Å². The highest BCUT2D eigenvalue weighted by Gasteiger charge is 2.85. The number of esters is 3. The van der Waals surface area contributed by atoms with E-state index < -0.39 is 82.3 Å². The average molecular weight is 565 g/mol. The summed E-state index contributed by atoms with van der Waals surface area (Å²) in [5.41, 5.74) is -3.77. The maximum atomic E-state index is 13.5. The highest BCUT2D eigenvalue weighted by atomic mass is 16.6. The number of carbonyl (C=O) groups excluding carboxylic acids is 4. The third kappa shape index (κ3) is 3.45. The van der Waals surface area contributed by atoms with Gasteiger partial charge in [-0.1, -0.05) is 19.4 Å². The zero-order valence-electron chi connectivity index (χ0n) is 23.1. The van der Waals surface area contributed by atoms with Crippen LogP contribution in [0.4, 0.5) is 0 Å². The Morgan fingerprint density at radius 2 is 1.90 bits per heavy atom. The van der Waals surface area contributed by atoms with E-state index in [-0.39, 0.29) is 37.7 Å². The molecule has 220 valence electrons. The van der Waals surface area contributed by atoms with Gasteiger partial charge in [-0.2, -0.15) is 0 Å². The van der Waals surface area contributed by atoms with Gasteiger partial charge < -0.3 is 39.4 Å². The van der Waals surface area contributed by atoms with Gasteiger partial charge in [0.25, 0.3) is 0 Å². The fourth-order valence-corrected chi connectivity index (χ4v) is 8.49. The van der Waals surface area contributed by atoms with Crippen molar-refractivity contribution in [3.8, 4) is 0 Å².